The van der Waals surface area contributed by atoms with Crippen molar-refractivity contribution in [2.75, 3.05) is 13.1 Å². The normalized spacial score (nSPS) is 15.6. The fraction of sp³-hybridized carbons (Fsp3) is 0.269. The van der Waals surface area contributed by atoms with Crippen LogP contribution in [0.4, 0.5) is 17.6 Å². The van der Waals surface area contributed by atoms with E-state index in [1.54, 1.807) is 16.8 Å². The van der Waals surface area contributed by atoms with Gasteiger partial charge in [0, 0.05) is 37.0 Å². The van der Waals surface area contributed by atoms with Crippen LogP contribution < -0.4 is 0 Å². The summed E-state index contributed by atoms with van der Waals surface area (Å²) in [6.45, 7) is 3.24. The van der Waals surface area contributed by atoms with Crippen LogP contribution in [0.3, 0.4) is 0 Å². The van der Waals surface area contributed by atoms with Crippen molar-refractivity contribution in [3.05, 3.63) is 83.8 Å². The molecule has 1 fully saturated rings. The van der Waals surface area contributed by atoms with Crippen molar-refractivity contribution < 1.29 is 32.3 Å². The minimum Gasteiger partial charge on any atom is -0.475 e. The summed E-state index contributed by atoms with van der Waals surface area (Å²) in [5.41, 5.74) is 3.89. The van der Waals surface area contributed by atoms with Gasteiger partial charge in [0.1, 0.15) is 11.5 Å². The highest BCUT2D eigenvalue weighted by Gasteiger charge is 2.38. The Morgan fingerprint density at radius 1 is 1.08 bits per heavy atom. The molecule has 1 aliphatic heterocycles. The van der Waals surface area contributed by atoms with E-state index < -0.39 is 12.1 Å². The van der Waals surface area contributed by atoms with Crippen LogP contribution >= 0.6 is 0 Å². The number of alkyl halides is 3. The Labute approximate surface area is 214 Å². The van der Waals surface area contributed by atoms with Crippen LogP contribution in [-0.4, -0.2) is 60.7 Å². The van der Waals surface area contributed by atoms with Crippen LogP contribution in [0.15, 0.2) is 60.9 Å². The molecule has 0 bridgehead atoms. The van der Waals surface area contributed by atoms with Gasteiger partial charge in [0.25, 0.3) is 5.91 Å². The van der Waals surface area contributed by atoms with E-state index in [0.29, 0.717) is 18.8 Å². The molecule has 1 N–H and O–H groups in total. The standard InChI is InChI=1S/C24H22FN5O.C2HF3O2/c1-16-9-10-26-21(12-16)24(31)29-11-3-5-19(14-29)23-27-22-8-7-18(15-30(22)28-23)17-4-2-6-20(25)13-17;3-2(4,5)1(6)7/h2,4,6-10,12-13,15,19H,3,5,11,14H2,1H3;(H,6,7). The third-order valence-electron chi connectivity index (χ3n) is 5.96. The van der Waals surface area contributed by atoms with E-state index in [2.05, 4.69) is 10.1 Å². The number of aliphatic carboxylic acids is 1. The zero-order chi connectivity index (χ0) is 27.4. The number of pyridine rings is 2. The summed E-state index contributed by atoms with van der Waals surface area (Å²) in [5.74, 6) is -2.28. The number of aryl methyl sites for hydroxylation is 1. The number of carboxylic acid groups (broad SMARTS) is 1. The van der Waals surface area contributed by atoms with E-state index >= 15 is 0 Å². The number of hydrogen-bond acceptors (Lipinski definition) is 5. The van der Waals surface area contributed by atoms with Gasteiger partial charge in [-0.25, -0.2) is 18.7 Å². The average Bonchev–Trinajstić information content (AvgIpc) is 3.32. The lowest BCUT2D eigenvalue weighted by Crippen LogP contribution is -2.39. The number of carboxylic acids is 1. The molecule has 5 rings (SSSR count). The number of benzene rings is 1. The summed E-state index contributed by atoms with van der Waals surface area (Å²) in [7, 11) is 0. The van der Waals surface area contributed by atoms with Gasteiger partial charge in [-0.3, -0.25) is 9.78 Å². The third kappa shape index (κ3) is 6.31. The second-order valence-corrected chi connectivity index (χ2v) is 8.81. The fourth-order valence-corrected chi connectivity index (χ4v) is 4.10. The zero-order valence-electron chi connectivity index (χ0n) is 20.2. The maximum atomic E-state index is 13.6. The number of aromatic nitrogens is 4. The monoisotopic (exact) mass is 529 g/mol. The Kier molecular flexibility index (Phi) is 7.70. The molecule has 1 saturated heterocycles. The number of carbonyl (C=O) groups excluding carboxylic acids is 1. The Morgan fingerprint density at radius 3 is 2.53 bits per heavy atom. The molecule has 3 aromatic heterocycles. The maximum Gasteiger partial charge on any atom is 0.490 e. The first-order chi connectivity index (χ1) is 18.0. The number of nitrogens with zero attached hydrogens (tertiary/aromatic N) is 5. The summed E-state index contributed by atoms with van der Waals surface area (Å²) in [5, 5.41) is 11.8. The van der Waals surface area contributed by atoms with E-state index in [9.17, 15) is 22.4 Å². The molecule has 38 heavy (non-hydrogen) atoms. The van der Waals surface area contributed by atoms with Gasteiger partial charge < -0.3 is 10.0 Å². The third-order valence-corrected chi connectivity index (χ3v) is 5.96. The molecule has 0 saturated carbocycles. The Hall–Kier alpha value is -4.35. The van der Waals surface area contributed by atoms with Crippen LogP contribution in [0.1, 0.15) is 40.6 Å². The van der Waals surface area contributed by atoms with Gasteiger partial charge in [0.15, 0.2) is 11.5 Å². The molecule has 198 valence electrons. The van der Waals surface area contributed by atoms with Crippen LogP contribution in [0.5, 0.6) is 0 Å². The van der Waals surface area contributed by atoms with Crippen molar-refractivity contribution in [3.8, 4) is 11.1 Å². The first-order valence-electron chi connectivity index (χ1n) is 11.7. The Morgan fingerprint density at radius 2 is 1.84 bits per heavy atom. The number of rotatable bonds is 3. The minimum atomic E-state index is -5.08. The SMILES string of the molecule is Cc1ccnc(C(=O)N2CCCC(c3nc4ccc(-c5cccc(F)c5)cn4n3)C2)c1.O=C(O)C(F)(F)F. The number of halogens is 4. The van der Waals surface area contributed by atoms with Crippen molar-refractivity contribution in [2.24, 2.45) is 0 Å². The summed E-state index contributed by atoms with van der Waals surface area (Å²) in [4.78, 5) is 32.6. The topological polar surface area (TPSA) is 101 Å². The number of amides is 1. The van der Waals surface area contributed by atoms with Crippen molar-refractivity contribution in [1.82, 2.24) is 24.5 Å². The molecule has 0 spiro atoms. The molecular weight excluding hydrogens is 506 g/mol. The van der Waals surface area contributed by atoms with E-state index in [4.69, 9.17) is 14.9 Å². The second-order valence-electron chi connectivity index (χ2n) is 8.81. The second kappa shape index (κ2) is 11.0. The van der Waals surface area contributed by atoms with E-state index in [0.717, 1.165) is 41.0 Å². The molecular formula is C26H23F4N5O3. The first-order valence-corrected chi connectivity index (χ1v) is 11.7. The van der Waals surface area contributed by atoms with Gasteiger partial charge in [-0.1, -0.05) is 12.1 Å². The quantitative estimate of drug-likeness (QED) is 0.379. The van der Waals surface area contributed by atoms with Crippen LogP contribution in [0, 0.1) is 12.7 Å². The molecule has 1 unspecified atom stereocenters. The van der Waals surface area contributed by atoms with Gasteiger partial charge in [0.2, 0.25) is 0 Å². The molecule has 4 heterocycles. The first kappa shape index (κ1) is 26.7. The van der Waals surface area contributed by atoms with E-state index in [-0.39, 0.29) is 17.6 Å². The predicted octanol–water partition coefficient (Wildman–Crippen LogP) is 4.89. The lowest BCUT2D eigenvalue weighted by Gasteiger charge is -2.31. The predicted molar refractivity (Wildman–Crippen MR) is 129 cm³/mol. The van der Waals surface area contributed by atoms with Crippen molar-refractivity contribution >= 4 is 17.5 Å². The molecule has 0 aliphatic carbocycles. The molecule has 1 amide bonds. The zero-order valence-corrected chi connectivity index (χ0v) is 20.2. The highest BCUT2D eigenvalue weighted by Crippen LogP contribution is 2.27. The molecule has 1 aromatic carbocycles. The molecule has 1 aliphatic rings. The smallest absolute Gasteiger partial charge is 0.475 e. The molecule has 12 heteroatoms. The lowest BCUT2D eigenvalue weighted by atomic mass is 9.97. The van der Waals surface area contributed by atoms with Crippen molar-refractivity contribution in [3.63, 3.8) is 0 Å². The highest BCUT2D eigenvalue weighted by molar-refractivity contribution is 5.92. The number of hydrogen-bond donors (Lipinski definition) is 1. The minimum absolute atomic E-state index is 0.0504. The van der Waals surface area contributed by atoms with Gasteiger partial charge in [-0.15, -0.1) is 0 Å². The lowest BCUT2D eigenvalue weighted by molar-refractivity contribution is -0.192. The Balaban J connectivity index is 0.000000426. The van der Waals surface area contributed by atoms with Crippen LogP contribution in [0.25, 0.3) is 16.8 Å². The van der Waals surface area contributed by atoms with Gasteiger partial charge in [-0.2, -0.15) is 18.3 Å². The number of piperidine rings is 1. The van der Waals surface area contributed by atoms with Gasteiger partial charge in [-0.05, 0) is 67.3 Å². The summed E-state index contributed by atoms with van der Waals surface area (Å²) >= 11 is 0. The largest absolute Gasteiger partial charge is 0.490 e. The van der Waals surface area contributed by atoms with E-state index in [1.165, 1.54) is 12.1 Å². The maximum absolute atomic E-state index is 13.6. The van der Waals surface area contributed by atoms with Crippen molar-refractivity contribution in [1.29, 1.82) is 0 Å². The van der Waals surface area contributed by atoms with Crippen LogP contribution in [0.2, 0.25) is 0 Å². The molecule has 1 atom stereocenters. The highest BCUT2D eigenvalue weighted by atomic mass is 19.4. The van der Waals surface area contributed by atoms with E-state index in [1.807, 2.05) is 48.4 Å². The number of likely N-dealkylation sites (tertiary alicyclic amines) is 1. The number of fused-ring (bicyclic) bond motifs is 1. The summed E-state index contributed by atoms with van der Waals surface area (Å²) in [6, 6.07) is 14.0. The fourth-order valence-electron chi connectivity index (χ4n) is 4.10. The molecule has 8 nitrogen and oxygen atoms in total. The molecule has 4 aromatic rings. The van der Waals surface area contributed by atoms with Crippen LogP contribution in [-0.2, 0) is 4.79 Å². The van der Waals surface area contributed by atoms with Crippen molar-refractivity contribution in [2.45, 2.75) is 31.9 Å². The molecule has 0 radical (unpaired) electrons. The number of carbonyl (C=O) groups is 2. The summed E-state index contributed by atoms with van der Waals surface area (Å²) < 4.78 is 47.1. The Bertz CT molecular complexity index is 1470. The average molecular weight is 529 g/mol. The van der Waals surface area contributed by atoms with Gasteiger partial charge in [0.05, 0.1) is 0 Å². The van der Waals surface area contributed by atoms with Gasteiger partial charge >= 0.3 is 12.1 Å². The summed E-state index contributed by atoms with van der Waals surface area (Å²) in [6.07, 6.45) is 0.276.